The fourth-order valence-corrected chi connectivity index (χ4v) is 2.52. The minimum absolute atomic E-state index is 0.0401. The summed E-state index contributed by atoms with van der Waals surface area (Å²) in [6, 6.07) is 7.32. The van der Waals surface area contributed by atoms with E-state index in [1.807, 2.05) is 32.0 Å². The van der Waals surface area contributed by atoms with Crippen LogP contribution in [-0.4, -0.2) is 47.7 Å². The van der Waals surface area contributed by atoms with Gasteiger partial charge < -0.3 is 14.7 Å². The number of carbonyl (C=O) groups is 1. The first-order valence-corrected chi connectivity index (χ1v) is 7.46. The van der Waals surface area contributed by atoms with Gasteiger partial charge in [0.25, 0.3) is 5.91 Å². The molecule has 2 rings (SSSR count). The molecule has 1 aromatic heterocycles. The normalized spacial score (nSPS) is 10.7. The Bertz CT molecular complexity index is 664. The van der Waals surface area contributed by atoms with Crippen molar-refractivity contribution in [1.29, 1.82) is 0 Å². The standard InChI is InChI=1S/C17H22N2O3/c1-4-7-19(8-9-20)17(21)15-10-12(2)18-16-11-13(22-3)5-6-14(15)16/h5-6,10-11,20H,4,7-9H2,1-3H3. The first-order valence-electron chi connectivity index (χ1n) is 7.46. The Balaban J connectivity index is 2.51. The summed E-state index contributed by atoms with van der Waals surface area (Å²) in [4.78, 5) is 19.0. The van der Waals surface area contributed by atoms with Crippen molar-refractivity contribution < 1.29 is 14.6 Å². The first kappa shape index (κ1) is 16.2. The molecule has 0 saturated heterocycles. The number of amides is 1. The van der Waals surface area contributed by atoms with Gasteiger partial charge >= 0.3 is 0 Å². The van der Waals surface area contributed by atoms with E-state index in [0.717, 1.165) is 23.0 Å². The number of rotatable bonds is 6. The van der Waals surface area contributed by atoms with Crippen LogP contribution in [-0.2, 0) is 0 Å². The number of ether oxygens (including phenoxy) is 1. The van der Waals surface area contributed by atoms with Gasteiger partial charge in [-0.3, -0.25) is 9.78 Å². The Morgan fingerprint density at radius 1 is 1.32 bits per heavy atom. The highest BCUT2D eigenvalue weighted by atomic mass is 16.5. The molecule has 0 aliphatic carbocycles. The van der Waals surface area contributed by atoms with Crippen molar-refractivity contribution in [3.05, 3.63) is 35.5 Å². The zero-order valence-electron chi connectivity index (χ0n) is 13.3. The molecule has 5 nitrogen and oxygen atoms in total. The Morgan fingerprint density at radius 3 is 2.73 bits per heavy atom. The van der Waals surface area contributed by atoms with Gasteiger partial charge in [0, 0.05) is 30.2 Å². The zero-order chi connectivity index (χ0) is 16.1. The van der Waals surface area contributed by atoms with Crippen molar-refractivity contribution in [2.45, 2.75) is 20.3 Å². The SMILES string of the molecule is CCCN(CCO)C(=O)c1cc(C)nc2cc(OC)ccc12. The molecule has 0 spiro atoms. The third kappa shape index (κ3) is 3.36. The number of hydrogen-bond acceptors (Lipinski definition) is 4. The molecule has 22 heavy (non-hydrogen) atoms. The lowest BCUT2D eigenvalue weighted by Crippen LogP contribution is -2.34. The van der Waals surface area contributed by atoms with Crippen LogP contribution in [0.5, 0.6) is 5.75 Å². The second kappa shape index (κ2) is 7.22. The number of carbonyl (C=O) groups excluding carboxylic acids is 1. The Kier molecular flexibility index (Phi) is 5.33. The molecule has 1 aromatic carbocycles. The molecular formula is C17H22N2O3. The first-order chi connectivity index (χ1) is 10.6. The van der Waals surface area contributed by atoms with E-state index in [-0.39, 0.29) is 12.5 Å². The number of aromatic nitrogens is 1. The van der Waals surface area contributed by atoms with Gasteiger partial charge in [-0.15, -0.1) is 0 Å². The summed E-state index contributed by atoms with van der Waals surface area (Å²) < 4.78 is 5.22. The maximum absolute atomic E-state index is 12.8. The Labute approximate surface area is 130 Å². The summed E-state index contributed by atoms with van der Waals surface area (Å²) in [5, 5.41) is 9.97. The van der Waals surface area contributed by atoms with Crippen LogP contribution < -0.4 is 4.74 Å². The second-order valence-electron chi connectivity index (χ2n) is 5.21. The molecule has 0 aliphatic rings. The van der Waals surface area contributed by atoms with E-state index in [2.05, 4.69) is 4.98 Å². The molecule has 0 atom stereocenters. The molecule has 0 saturated carbocycles. The summed E-state index contributed by atoms with van der Waals surface area (Å²) >= 11 is 0. The summed E-state index contributed by atoms with van der Waals surface area (Å²) in [7, 11) is 1.60. The van der Waals surface area contributed by atoms with Crippen LogP contribution in [0.2, 0.25) is 0 Å². The van der Waals surface area contributed by atoms with E-state index in [1.165, 1.54) is 0 Å². The van der Waals surface area contributed by atoms with Gasteiger partial charge in [0.1, 0.15) is 5.75 Å². The number of aliphatic hydroxyl groups excluding tert-OH is 1. The highest BCUT2D eigenvalue weighted by molar-refractivity contribution is 6.06. The van der Waals surface area contributed by atoms with E-state index in [0.29, 0.717) is 24.4 Å². The number of hydrogen-bond donors (Lipinski definition) is 1. The predicted molar refractivity (Wildman–Crippen MR) is 86.3 cm³/mol. The van der Waals surface area contributed by atoms with Gasteiger partial charge in [-0.05, 0) is 31.5 Å². The van der Waals surface area contributed by atoms with Crippen molar-refractivity contribution in [2.75, 3.05) is 26.8 Å². The molecule has 1 amide bonds. The van der Waals surface area contributed by atoms with Crippen molar-refractivity contribution in [3.63, 3.8) is 0 Å². The maximum Gasteiger partial charge on any atom is 0.254 e. The molecule has 2 aromatic rings. The van der Waals surface area contributed by atoms with Crippen LogP contribution in [0.25, 0.3) is 10.9 Å². The number of aryl methyl sites for hydroxylation is 1. The minimum Gasteiger partial charge on any atom is -0.497 e. The number of fused-ring (bicyclic) bond motifs is 1. The summed E-state index contributed by atoms with van der Waals surface area (Å²) in [5.74, 6) is 0.640. The van der Waals surface area contributed by atoms with E-state index in [4.69, 9.17) is 4.74 Å². The topological polar surface area (TPSA) is 62.7 Å². The predicted octanol–water partition coefficient (Wildman–Crippen LogP) is 2.40. The molecule has 1 heterocycles. The fraction of sp³-hybridized carbons (Fsp3) is 0.412. The lowest BCUT2D eigenvalue weighted by atomic mass is 10.1. The monoisotopic (exact) mass is 302 g/mol. The summed E-state index contributed by atoms with van der Waals surface area (Å²) in [6.45, 7) is 4.80. The minimum atomic E-state index is -0.0726. The molecule has 0 aliphatic heterocycles. The zero-order valence-corrected chi connectivity index (χ0v) is 13.3. The van der Waals surface area contributed by atoms with Crippen molar-refractivity contribution in [1.82, 2.24) is 9.88 Å². The van der Waals surface area contributed by atoms with E-state index in [1.54, 1.807) is 18.1 Å². The number of aliphatic hydroxyl groups is 1. The quantitative estimate of drug-likeness (QED) is 0.890. The van der Waals surface area contributed by atoms with Crippen LogP contribution in [0.1, 0.15) is 29.4 Å². The Morgan fingerprint density at radius 2 is 2.09 bits per heavy atom. The highest BCUT2D eigenvalue weighted by Gasteiger charge is 2.18. The van der Waals surface area contributed by atoms with E-state index in [9.17, 15) is 9.90 Å². The summed E-state index contributed by atoms with van der Waals surface area (Å²) in [6.07, 6.45) is 0.849. The fourth-order valence-electron chi connectivity index (χ4n) is 2.52. The van der Waals surface area contributed by atoms with Gasteiger partial charge in [0.15, 0.2) is 0 Å². The highest BCUT2D eigenvalue weighted by Crippen LogP contribution is 2.24. The van der Waals surface area contributed by atoms with Crippen molar-refractivity contribution in [3.8, 4) is 5.75 Å². The smallest absolute Gasteiger partial charge is 0.254 e. The number of benzene rings is 1. The molecule has 0 unspecified atom stereocenters. The van der Waals surface area contributed by atoms with Gasteiger partial charge in [-0.1, -0.05) is 6.92 Å². The molecule has 1 N–H and O–H groups in total. The number of nitrogens with zero attached hydrogens (tertiary/aromatic N) is 2. The second-order valence-corrected chi connectivity index (χ2v) is 5.21. The molecular weight excluding hydrogens is 280 g/mol. The molecule has 0 fully saturated rings. The van der Waals surface area contributed by atoms with Gasteiger partial charge in [-0.25, -0.2) is 0 Å². The molecule has 5 heteroatoms. The van der Waals surface area contributed by atoms with Crippen molar-refractivity contribution in [2.24, 2.45) is 0 Å². The van der Waals surface area contributed by atoms with Gasteiger partial charge in [-0.2, -0.15) is 0 Å². The molecule has 118 valence electrons. The lowest BCUT2D eigenvalue weighted by Gasteiger charge is -2.22. The van der Waals surface area contributed by atoms with Crippen LogP contribution >= 0.6 is 0 Å². The van der Waals surface area contributed by atoms with Gasteiger partial charge in [0.2, 0.25) is 0 Å². The van der Waals surface area contributed by atoms with E-state index < -0.39 is 0 Å². The molecule has 0 radical (unpaired) electrons. The van der Waals surface area contributed by atoms with Crippen LogP contribution in [0.4, 0.5) is 0 Å². The third-order valence-corrected chi connectivity index (χ3v) is 3.53. The van der Waals surface area contributed by atoms with Gasteiger partial charge in [0.05, 0.1) is 24.8 Å². The van der Waals surface area contributed by atoms with Crippen LogP contribution in [0, 0.1) is 6.92 Å². The number of methoxy groups -OCH3 is 1. The number of pyridine rings is 1. The average Bonchev–Trinajstić information content (AvgIpc) is 2.52. The van der Waals surface area contributed by atoms with E-state index >= 15 is 0 Å². The average molecular weight is 302 g/mol. The lowest BCUT2D eigenvalue weighted by molar-refractivity contribution is 0.0724. The largest absolute Gasteiger partial charge is 0.497 e. The van der Waals surface area contributed by atoms with Crippen molar-refractivity contribution >= 4 is 16.8 Å². The van der Waals surface area contributed by atoms with Crippen LogP contribution in [0.15, 0.2) is 24.3 Å². The maximum atomic E-state index is 12.8. The summed E-state index contributed by atoms with van der Waals surface area (Å²) in [5.41, 5.74) is 2.14. The van der Waals surface area contributed by atoms with Crippen LogP contribution in [0.3, 0.4) is 0 Å². The molecule has 0 bridgehead atoms. The third-order valence-electron chi connectivity index (χ3n) is 3.53. The Hall–Kier alpha value is -2.14.